The van der Waals surface area contributed by atoms with Crippen LogP contribution in [0.3, 0.4) is 0 Å². The lowest BCUT2D eigenvalue weighted by atomic mass is 9.95. The van der Waals surface area contributed by atoms with Crippen molar-refractivity contribution >= 4 is 11.8 Å². The van der Waals surface area contributed by atoms with Gasteiger partial charge < -0.3 is 14.4 Å². The first-order valence-electron chi connectivity index (χ1n) is 11.4. The fourth-order valence-electron chi connectivity index (χ4n) is 4.29. The number of hydrogen-bond acceptors (Lipinski definition) is 3. The van der Waals surface area contributed by atoms with Gasteiger partial charge in [-0.15, -0.1) is 0 Å². The van der Waals surface area contributed by atoms with Gasteiger partial charge in [0.2, 0.25) is 5.91 Å². The normalized spacial score (nSPS) is 14.5. The molecule has 168 valence electrons. The molecular weight excluding hydrogens is 402 g/mol. The molecule has 3 heterocycles. The number of hydrogen-bond donors (Lipinski definition) is 0. The highest BCUT2D eigenvalue weighted by Crippen LogP contribution is 2.25. The van der Waals surface area contributed by atoms with Gasteiger partial charge in [0.25, 0.3) is 5.91 Å². The van der Waals surface area contributed by atoms with Crippen LogP contribution in [0.15, 0.2) is 61.1 Å². The molecule has 1 aliphatic heterocycles. The molecule has 0 bridgehead atoms. The highest BCUT2D eigenvalue weighted by Gasteiger charge is 2.31. The Morgan fingerprint density at radius 3 is 2.41 bits per heavy atom. The van der Waals surface area contributed by atoms with Crippen LogP contribution in [-0.4, -0.2) is 62.6 Å². The van der Waals surface area contributed by atoms with Gasteiger partial charge in [0, 0.05) is 45.0 Å². The Morgan fingerprint density at radius 1 is 1.06 bits per heavy atom. The lowest BCUT2D eigenvalue weighted by Crippen LogP contribution is -2.43. The van der Waals surface area contributed by atoms with Gasteiger partial charge in [0.05, 0.1) is 11.9 Å². The summed E-state index contributed by atoms with van der Waals surface area (Å²) in [6, 6.07) is 13.7. The third kappa shape index (κ3) is 4.47. The zero-order chi connectivity index (χ0) is 22.5. The van der Waals surface area contributed by atoms with Crippen LogP contribution in [0.2, 0.25) is 0 Å². The van der Waals surface area contributed by atoms with Crippen molar-refractivity contribution in [1.29, 1.82) is 0 Å². The first-order valence-corrected chi connectivity index (χ1v) is 11.4. The van der Waals surface area contributed by atoms with Crippen molar-refractivity contribution in [2.45, 2.75) is 32.6 Å². The van der Waals surface area contributed by atoms with E-state index in [1.54, 1.807) is 10.9 Å². The molecule has 0 N–H and O–H groups in total. The fraction of sp³-hybridized carbons (Fsp3) is 0.400. The summed E-state index contributed by atoms with van der Waals surface area (Å²) in [6.07, 6.45) is 8.99. The quantitative estimate of drug-likeness (QED) is 0.570. The SMILES string of the molecule is CCCCN(C)C(=O)C1CCN(C(=O)c2cnn(-c3ccccc3)c2-n2cccc2)CC1. The van der Waals surface area contributed by atoms with Gasteiger partial charge in [-0.3, -0.25) is 9.59 Å². The number of likely N-dealkylation sites (tertiary alicyclic amines) is 1. The zero-order valence-corrected chi connectivity index (χ0v) is 18.9. The van der Waals surface area contributed by atoms with Crippen molar-refractivity contribution in [3.8, 4) is 11.5 Å². The molecule has 0 unspecified atom stereocenters. The molecule has 0 saturated carbocycles. The van der Waals surface area contributed by atoms with Crippen LogP contribution < -0.4 is 0 Å². The molecule has 0 atom stereocenters. The van der Waals surface area contributed by atoms with Crippen molar-refractivity contribution in [1.82, 2.24) is 24.1 Å². The molecule has 7 nitrogen and oxygen atoms in total. The Morgan fingerprint density at radius 2 is 1.75 bits per heavy atom. The molecule has 2 aromatic heterocycles. The van der Waals surface area contributed by atoms with Crippen LogP contribution in [-0.2, 0) is 4.79 Å². The largest absolute Gasteiger partial charge is 0.346 e. The fourth-order valence-corrected chi connectivity index (χ4v) is 4.29. The second kappa shape index (κ2) is 9.85. The number of piperidine rings is 1. The summed E-state index contributed by atoms with van der Waals surface area (Å²) in [5.74, 6) is 0.886. The van der Waals surface area contributed by atoms with E-state index in [9.17, 15) is 9.59 Å². The minimum Gasteiger partial charge on any atom is -0.346 e. The Balaban J connectivity index is 1.51. The second-order valence-corrected chi connectivity index (χ2v) is 8.40. The second-order valence-electron chi connectivity index (χ2n) is 8.40. The number of amides is 2. The van der Waals surface area contributed by atoms with Crippen LogP contribution in [0, 0.1) is 5.92 Å². The van der Waals surface area contributed by atoms with Crippen molar-refractivity contribution in [2.75, 3.05) is 26.7 Å². The molecule has 2 amide bonds. The third-order valence-electron chi connectivity index (χ3n) is 6.18. The number of rotatable bonds is 7. The van der Waals surface area contributed by atoms with E-state index < -0.39 is 0 Å². The highest BCUT2D eigenvalue weighted by molar-refractivity contribution is 5.97. The average molecular weight is 434 g/mol. The summed E-state index contributed by atoms with van der Waals surface area (Å²) in [5, 5.41) is 4.54. The summed E-state index contributed by atoms with van der Waals surface area (Å²) in [5.41, 5.74) is 1.46. The first-order chi connectivity index (χ1) is 15.6. The van der Waals surface area contributed by atoms with E-state index in [1.807, 2.05) is 76.3 Å². The first kappa shape index (κ1) is 21.9. The number of benzene rings is 1. The predicted octanol–water partition coefficient (Wildman–Crippen LogP) is 3.77. The maximum Gasteiger partial charge on any atom is 0.259 e. The minimum absolute atomic E-state index is 0.00290. The average Bonchev–Trinajstić information content (AvgIpc) is 3.52. The van der Waals surface area contributed by atoms with E-state index in [4.69, 9.17) is 0 Å². The molecule has 4 rings (SSSR count). The van der Waals surface area contributed by atoms with Crippen molar-refractivity contribution in [3.05, 3.63) is 66.6 Å². The maximum atomic E-state index is 13.5. The summed E-state index contributed by atoms with van der Waals surface area (Å²) in [6.45, 7) is 4.09. The summed E-state index contributed by atoms with van der Waals surface area (Å²) < 4.78 is 3.72. The number of carbonyl (C=O) groups is 2. The molecule has 1 aromatic carbocycles. The Kier molecular flexibility index (Phi) is 6.73. The number of para-hydroxylation sites is 1. The highest BCUT2D eigenvalue weighted by atomic mass is 16.2. The van der Waals surface area contributed by atoms with Gasteiger partial charge in [-0.2, -0.15) is 5.10 Å². The van der Waals surface area contributed by atoms with Gasteiger partial charge in [-0.1, -0.05) is 31.5 Å². The van der Waals surface area contributed by atoms with E-state index in [2.05, 4.69) is 12.0 Å². The van der Waals surface area contributed by atoms with E-state index in [-0.39, 0.29) is 17.7 Å². The van der Waals surface area contributed by atoms with Crippen LogP contribution in [0.5, 0.6) is 0 Å². The van der Waals surface area contributed by atoms with Gasteiger partial charge in [0.1, 0.15) is 5.56 Å². The topological polar surface area (TPSA) is 63.4 Å². The molecule has 1 fully saturated rings. The van der Waals surface area contributed by atoms with E-state index in [0.29, 0.717) is 31.5 Å². The number of aromatic nitrogens is 3. The minimum atomic E-state index is -0.0406. The Bertz CT molecular complexity index is 1030. The number of unbranched alkanes of at least 4 members (excludes halogenated alkanes) is 1. The van der Waals surface area contributed by atoms with Crippen LogP contribution in [0.25, 0.3) is 11.5 Å². The predicted molar refractivity (Wildman–Crippen MR) is 124 cm³/mol. The van der Waals surface area contributed by atoms with Crippen LogP contribution in [0.4, 0.5) is 0 Å². The van der Waals surface area contributed by atoms with Gasteiger partial charge in [0.15, 0.2) is 5.82 Å². The lowest BCUT2D eigenvalue weighted by Gasteiger charge is -2.33. The van der Waals surface area contributed by atoms with Crippen molar-refractivity contribution in [2.24, 2.45) is 5.92 Å². The van der Waals surface area contributed by atoms with E-state index in [0.717, 1.165) is 30.9 Å². The Labute approximate surface area is 189 Å². The third-order valence-corrected chi connectivity index (χ3v) is 6.18. The van der Waals surface area contributed by atoms with E-state index >= 15 is 0 Å². The monoisotopic (exact) mass is 433 g/mol. The number of nitrogens with zero attached hydrogens (tertiary/aromatic N) is 5. The maximum absolute atomic E-state index is 13.5. The summed E-state index contributed by atoms with van der Waals surface area (Å²) in [7, 11) is 1.89. The molecule has 0 spiro atoms. The molecule has 0 aliphatic carbocycles. The van der Waals surface area contributed by atoms with Crippen LogP contribution >= 0.6 is 0 Å². The van der Waals surface area contributed by atoms with Gasteiger partial charge in [-0.05, 0) is 43.5 Å². The molecule has 7 heteroatoms. The summed E-state index contributed by atoms with van der Waals surface area (Å²) in [4.78, 5) is 29.9. The lowest BCUT2D eigenvalue weighted by molar-refractivity contribution is -0.135. The van der Waals surface area contributed by atoms with Gasteiger partial charge >= 0.3 is 0 Å². The molecular formula is C25H31N5O2. The van der Waals surface area contributed by atoms with Gasteiger partial charge in [-0.25, -0.2) is 4.68 Å². The van der Waals surface area contributed by atoms with E-state index in [1.165, 1.54) is 0 Å². The Hall–Kier alpha value is -3.35. The molecule has 32 heavy (non-hydrogen) atoms. The molecule has 1 saturated heterocycles. The molecule has 3 aromatic rings. The smallest absolute Gasteiger partial charge is 0.259 e. The van der Waals surface area contributed by atoms with Crippen LogP contribution in [0.1, 0.15) is 43.0 Å². The van der Waals surface area contributed by atoms with Crippen molar-refractivity contribution < 1.29 is 9.59 Å². The standard InChI is InChI=1S/C25H31N5O2/c1-3-4-14-27(2)24(31)20-12-17-29(18-13-20)25(32)22-19-26-30(21-10-6-5-7-11-21)23(22)28-15-8-9-16-28/h5-11,15-16,19-20H,3-4,12-14,17-18H2,1-2H3. The molecule has 1 aliphatic rings. The molecule has 0 radical (unpaired) electrons. The van der Waals surface area contributed by atoms with Crippen molar-refractivity contribution in [3.63, 3.8) is 0 Å². The zero-order valence-electron chi connectivity index (χ0n) is 18.9. The summed E-state index contributed by atoms with van der Waals surface area (Å²) >= 11 is 0. The number of carbonyl (C=O) groups excluding carboxylic acids is 2.